The predicted octanol–water partition coefficient (Wildman–Crippen LogP) is 5.42. The summed E-state index contributed by atoms with van der Waals surface area (Å²) in [5.74, 6) is -0.698. The van der Waals surface area contributed by atoms with Gasteiger partial charge in [0.25, 0.3) is 0 Å². The van der Waals surface area contributed by atoms with Crippen LogP contribution in [0, 0.1) is 13.8 Å². The van der Waals surface area contributed by atoms with Crippen LogP contribution in [0.5, 0.6) is 0 Å². The highest BCUT2D eigenvalue weighted by atomic mass is 35.5. The molecule has 3 aromatic rings. The zero-order valence-electron chi connectivity index (χ0n) is 23.8. The van der Waals surface area contributed by atoms with Crippen LogP contribution in [0.3, 0.4) is 0 Å². The Bertz CT molecular complexity index is 1440. The van der Waals surface area contributed by atoms with Crippen molar-refractivity contribution < 1.29 is 18.0 Å². The fourth-order valence-corrected chi connectivity index (χ4v) is 6.57. The SMILES string of the molecule is Cc1cccc(C)c1N(CC(=O)N(Cc1ccc(Cl)cc1)[C@H](Cc1ccccc1)C(=O)NC1CCCC1)S(C)(=O)=O. The Hall–Kier alpha value is -3.36. The summed E-state index contributed by atoms with van der Waals surface area (Å²) in [4.78, 5) is 29.7. The maximum Gasteiger partial charge on any atom is 0.244 e. The molecule has 0 aromatic heterocycles. The fraction of sp³-hybridized carbons (Fsp3) is 0.375. The van der Waals surface area contributed by atoms with E-state index in [2.05, 4.69) is 5.32 Å². The lowest BCUT2D eigenvalue weighted by atomic mass is 10.0. The zero-order valence-corrected chi connectivity index (χ0v) is 25.4. The Morgan fingerprint density at radius 3 is 2.10 bits per heavy atom. The van der Waals surface area contributed by atoms with Crippen LogP contribution in [0.4, 0.5) is 5.69 Å². The van der Waals surface area contributed by atoms with Gasteiger partial charge in [-0.15, -0.1) is 0 Å². The van der Waals surface area contributed by atoms with Gasteiger partial charge in [-0.2, -0.15) is 0 Å². The van der Waals surface area contributed by atoms with Crippen LogP contribution in [0.2, 0.25) is 5.02 Å². The van der Waals surface area contributed by atoms with Gasteiger partial charge in [0, 0.05) is 24.0 Å². The molecule has 1 N–H and O–H groups in total. The van der Waals surface area contributed by atoms with E-state index in [0.717, 1.165) is 58.5 Å². The van der Waals surface area contributed by atoms with E-state index in [0.29, 0.717) is 17.1 Å². The van der Waals surface area contributed by atoms with Crippen molar-refractivity contribution in [3.63, 3.8) is 0 Å². The molecule has 0 bridgehead atoms. The summed E-state index contributed by atoms with van der Waals surface area (Å²) in [6, 6.07) is 21.4. The van der Waals surface area contributed by atoms with E-state index in [1.165, 1.54) is 4.90 Å². The zero-order chi connectivity index (χ0) is 29.6. The van der Waals surface area contributed by atoms with Gasteiger partial charge in [0.15, 0.2) is 0 Å². The summed E-state index contributed by atoms with van der Waals surface area (Å²) in [6.45, 7) is 3.34. The second-order valence-corrected chi connectivity index (χ2v) is 13.2. The number of amides is 2. The number of anilines is 1. The standard InChI is InChI=1S/C32H38ClN3O4S/c1-23-10-9-11-24(2)31(23)36(41(3,39)40)22-30(37)35(21-26-16-18-27(33)19-17-26)29(20-25-12-5-4-6-13-25)32(38)34-28-14-7-8-15-28/h4-6,9-13,16-19,28-29H,7-8,14-15,20-22H2,1-3H3,(H,34,38)/t29-/m1/s1. The Kier molecular flexibility index (Phi) is 10.1. The van der Waals surface area contributed by atoms with Crippen molar-refractivity contribution in [3.05, 3.63) is 100 Å². The third-order valence-electron chi connectivity index (χ3n) is 7.61. The third-order valence-corrected chi connectivity index (χ3v) is 8.97. The topological polar surface area (TPSA) is 86.8 Å². The van der Waals surface area contributed by atoms with Crippen LogP contribution in [0.15, 0.2) is 72.8 Å². The maximum atomic E-state index is 14.3. The van der Waals surface area contributed by atoms with Crippen molar-refractivity contribution in [1.29, 1.82) is 0 Å². The first-order valence-corrected chi connectivity index (χ1v) is 16.2. The van der Waals surface area contributed by atoms with Crippen molar-refractivity contribution in [1.82, 2.24) is 10.2 Å². The van der Waals surface area contributed by atoms with Crippen molar-refractivity contribution in [2.24, 2.45) is 0 Å². The number of nitrogens with zero attached hydrogens (tertiary/aromatic N) is 2. The number of benzene rings is 3. The highest BCUT2D eigenvalue weighted by Crippen LogP contribution is 2.28. The number of carbonyl (C=O) groups excluding carboxylic acids is 2. The molecule has 7 nitrogen and oxygen atoms in total. The van der Waals surface area contributed by atoms with Gasteiger partial charge in [-0.25, -0.2) is 8.42 Å². The smallest absolute Gasteiger partial charge is 0.244 e. The molecule has 0 unspecified atom stereocenters. The van der Waals surface area contributed by atoms with Gasteiger partial charge in [0.05, 0.1) is 11.9 Å². The normalized spacial score (nSPS) is 14.4. The number of hydrogen-bond donors (Lipinski definition) is 1. The molecule has 1 aliphatic carbocycles. The number of sulfonamides is 1. The molecule has 1 aliphatic rings. The fourth-order valence-electron chi connectivity index (χ4n) is 5.48. The Morgan fingerprint density at radius 2 is 1.51 bits per heavy atom. The molecule has 2 amide bonds. The number of hydrogen-bond acceptors (Lipinski definition) is 4. The number of aryl methyl sites for hydroxylation is 2. The maximum absolute atomic E-state index is 14.3. The van der Waals surface area contributed by atoms with E-state index in [-0.39, 0.29) is 18.5 Å². The van der Waals surface area contributed by atoms with Crippen molar-refractivity contribution >= 4 is 39.1 Å². The van der Waals surface area contributed by atoms with Crippen molar-refractivity contribution in [3.8, 4) is 0 Å². The highest BCUT2D eigenvalue weighted by molar-refractivity contribution is 7.92. The van der Waals surface area contributed by atoms with E-state index in [4.69, 9.17) is 11.6 Å². The van der Waals surface area contributed by atoms with Gasteiger partial charge < -0.3 is 10.2 Å². The molecule has 1 fully saturated rings. The van der Waals surface area contributed by atoms with Crippen molar-refractivity contribution in [2.75, 3.05) is 17.1 Å². The Balaban J connectivity index is 1.74. The molecule has 4 rings (SSSR count). The summed E-state index contributed by atoms with van der Waals surface area (Å²) in [6.07, 6.45) is 5.32. The van der Waals surface area contributed by atoms with Crippen LogP contribution >= 0.6 is 11.6 Å². The lowest BCUT2D eigenvalue weighted by Gasteiger charge is -2.34. The summed E-state index contributed by atoms with van der Waals surface area (Å²) < 4.78 is 27.3. The molecule has 0 spiro atoms. The monoisotopic (exact) mass is 595 g/mol. The molecule has 0 radical (unpaired) electrons. The average Bonchev–Trinajstić information content (AvgIpc) is 3.44. The minimum Gasteiger partial charge on any atom is -0.352 e. The number of rotatable bonds is 11. The summed E-state index contributed by atoms with van der Waals surface area (Å²) in [5, 5.41) is 3.74. The predicted molar refractivity (Wildman–Crippen MR) is 164 cm³/mol. The first kappa shape index (κ1) is 30.6. The molecule has 3 aromatic carbocycles. The largest absolute Gasteiger partial charge is 0.352 e. The van der Waals surface area contributed by atoms with E-state index in [1.807, 2.05) is 74.5 Å². The lowest BCUT2D eigenvalue weighted by molar-refractivity contribution is -0.140. The second kappa shape index (κ2) is 13.5. The molecule has 218 valence electrons. The van der Waals surface area contributed by atoms with E-state index in [9.17, 15) is 18.0 Å². The van der Waals surface area contributed by atoms with E-state index in [1.54, 1.807) is 12.1 Å². The van der Waals surface area contributed by atoms with Gasteiger partial charge in [0.1, 0.15) is 12.6 Å². The molecule has 9 heteroatoms. The summed E-state index contributed by atoms with van der Waals surface area (Å²) in [5.41, 5.74) is 3.65. The molecule has 0 aliphatic heterocycles. The molecular formula is C32H38ClN3O4S. The first-order valence-electron chi connectivity index (χ1n) is 13.9. The van der Waals surface area contributed by atoms with Gasteiger partial charge >= 0.3 is 0 Å². The Labute approximate surface area is 248 Å². The molecule has 1 atom stereocenters. The lowest BCUT2D eigenvalue weighted by Crippen LogP contribution is -2.54. The van der Waals surface area contributed by atoms with Crippen molar-refractivity contribution in [2.45, 2.75) is 64.6 Å². The van der Waals surface area contributed by atoms with Crippen LogP contribution in [-0.4, -0.2) is 50.0 Å². The first-order chi connectivity index (χ1) is 19.5. The number of carbonyl (C=O) groups is 2. The van der Waals surface area contributed by atoms with Crippen LogP contribution in [0.1, 0.15) is 47.9 Å². The molecule has 1 saturated carbocycles. The minimum absolute atomic E-state index is 0.0652. The van der Waals surface area contributed by atoms with Gasteiger partial charge in [-0.05, 0) is 61.1 Å². The van der Waals surface area contributed by atoms with E-state index >= 15 is 0 Å². The van der Waals surface area contributed by atoms with E-state index < -0.39 is 28.5 Å². The summed E-state index contributed by atoms with van der Waals surface area (Å²) >= 11 is 6.12. The average molecular weight is 596 g/mol. The minimum atomic E-state index is -3.83. The second-order valence-electron chi connectivity index (χ2n) is 10.9. The number of para-hydroxylation sites is 1. The Morgan fingerprint density at radius 1 is 0.902 bits per heavy atom. The summed E-state index contributed by atoms with van der Waals surface area (Å²) in [7, 11) is -3.83. The quantitative estimate of drug-likeness (QED) is 0.321. The number of nitrogens with one attached hydrogen (secondary N) is 1. The van der Waals surface area contributed by atoms with Gasteiger partial charge in [-0.1, -0.05) is 85.1 Å². The molecule has 41 heavy (non-hydrogen) atoms. The van der Waals surface area contributed by atoms with Crippen LogP contribution in [0.25, 0.3) is 0 Å². The molecule has 0 heterocycles. The molecule has 0 saturated heterocycles. The van der Waals surface area contributed by atoms with Gasteiger partial charge in [-0.3, -0.25) is 13.9 Å². The van der Waals surface area contributed by atoms with Crippen LogP contribution in [-0.2, 0) is 32.6 Å². The van der Waals surface area contributed by atoms with Gasteiger partial charge in [0.2, 0.25) is 21.8 Å². The number of halogens is 1. The van der Waals surface area contributed by atoms with Crippen LogP contribution < -0.4 is 9.62 Å². The third kappa shape index (κ3) is 8.11. The molecular weight excluding hydrogens is 558 g/mol. The highest BCUT2D eigenvalue weighted by Gasteiger charge is 2.34.